The summed E-state index contributed by atoms with van der Waals surface area (Å²) in [4.78, 5) is 40.4. The summed E-state index contributed by atoms with van der Waals surface area (Å²) in [5.74, 6) is 5.37. The third kappa shape index (κ3) is 4.53. The molecule has 3 aromatic heterocycles. The summed E-state index contributed by atoms with van der Waals surface area (Å²) < 4.78 is 0. The van der Waals surface area contributed by atoms with E-state index < -0.39 is 11.9 Å². The highest BCUT2D eigenvalue weighted by atomic mass is 32.1. The van der Waals surface area contributed by atoms with Crippen LogP contribution in [0.4, 0.5) is 10.9 Å². The van der Waals surface area contributed by atoms with E-state index in [1.165, 1.54) is 28.5 Å². The Morgan fingerprint density at radius 1 is 1.11 bits per heavy atom. The number of nitrogens with one attached hydrogen (secondary N) is 1. The summed E-state index contributed by atoms with van der Waals surface area (Å²) in [6, 6.07) is 10.6. The van der Waals surface area contributed by atoms with Crippen molar-refractivity contribution in [2.45, 2.75) is 12.6 Å². The minimum absolute atomic E-state index is 0.0820. The number of anilines is 2. The van der Waals surface area contributed by atoms with Crippen LogP contribution in [0.2, 0.25) is 0 Å². The molecule has 5 rings (SSSR count). The molecule has 35 heavy (non-hydrogen) atoms. The fourth-order valence-electron chi connectivity index (χ4n) is 3.73. The first-order chi connectivity index (χ1) is 17.0. The molecule has 0 saturated heterocycles. The van der Waals surface area contributed by atoms with Crippen LogP contribution in [0.25, 0.3) is 0 Å². The molecule has 1 atom stereocenters. The number of thiazole rings is 1. The first-order valence-electron chi connectivity index (χ1n) is 10.5. The van der Waals surface area contributed by atoms with Crippen molar-refractivity contribution >= 4 is 34.1 Å². The summed E-state index contributed by atoms with van der Waals surface area (Å²) in [7, 11) is 0. The quantitative estimate of drug-likeness (QED) is 0.381. The molecule has 1 aromatic carbocycles. The number of hydrogen-bond acceptors (Lipinski definition) is 8. The minimum Gasteiger partial charge on any atom is -0.506 e. The molecule has 1 aliphatic rings. The van der Waals surface area contributed by atoms with Crippen LogP contribution >= 0.6 is 11.3 Å². The van der Waals surface area contributed by atoms with Crippen molar-refractivity contribution in [3.8, 4) is 17.6 Å². The van der Waals surface area contributed by atoms with E-state index >= 15 is 0 Å². The Balaban J connectivity index is 1.46. The van der Waals surface area contributed by atoms with Gasteiger partial charge in [-0.1, -0.05) is 17.9 Å². The van der Waals surface area contributed by atoms with E-state index in [1.54, 1.807) is 42.0 Å². The number of fused-ring (bicyclic) bond motifs is 1. The van der Waals surface area contributed by atoms with Gasteiger partial charge in [-0.05, 0) is 42.0 Å². The number of benzene rings is 1. The maximum atomic E-state index is 13.4. The van der Waals surface area contributed by atoms with Gasteiger partial charge in [0.1, 0.15) is 17.3 Å². The standard InChI is InChI=1S/C25H18N6O3S/c26-20-8-6-16(13-29-20)4-3-15-5-7-17-14-31(24(34)18(17)12-15)22(21-19(32)2-1-9-27-21)23(33)30-25-28-10-11-35-25/h1-2,5-13,22,32H,14H2,(H2,26,29)(H,28,30,33)/t22-/m1/s1. The summed E-state index contributed by atoms with van der Waals surface area (Å²) in [5.41, 5.74) is 8.21. The zero-order chi connectivity index (χ0) is 24.4. The Morgan fingerprint density at radius 3 is 2.69 bits per heavy atom. The third-order valence-electron chi connectivity index (χ3n) is 5.38. The van der Waals surface area contributed by atoms with Gasteiger partial charge in [0.2, 0.25) is 0 Å². The molecule has 9 nitrogen and oxygen atoms in total. The highest BCUT2D eigenvalue weighted by Crippen LogP contribution is 2.35. The lowest BCUT2D eigenvalue weighted by Gasteiger charge is -2.26. The van der Waals surface area contributed by atoms with Gasteiger partial charge < -0.3 is 15.7 Å². The maximum Gasteiger partial charge on any atom is 0.255 e. The van der Waals surface area contributed by atoms with E-state index in [0.717, 1.165) is 5.56 Å². The number of hydrogen-bond donors (Lipinski definition) is 3. The van der Waals surface area contributed by atoms with Crippen molar-refractivity contribution in [1.82, 2.24) is 19.9 Å². The molecule has 0 saturated carbocycles. The number of rotatable bonds is 4. The van der Waals surface area contributed by atoms with Gasteiger partial charge in [0.25, 0.3) is 11.8 Å². The van der Waals surface area contributed by atoms with Crippen LogP contribution in [-0.4, -0.2) is 36.8 Å². The summed E-state index contributed by atoms with van der Waals surface area (Å²) in [5, 5.41) is 15.3. The Morgan fingerprint density at radius 2 is 1.94 bits per heavy atom. The summed E-state index contributed by atoms with van der Waals surface area (Å²) >= 11 is 1.25. The van der Waals surface area contributed by atoms with Crippen molar-refractivity contribution in [1.29, 1.82) is 0 Å². The van der Waals surface area contributed by atoms with Crippen LogP contribution in [0.3, 0.4) is 0 Å². The summed E-state index contributed by atoms with van der Waals surface area (Å²) in [6.45, 7) is 0.176. The number of nitrogen functional groups attached to an aromatic ring is 1. The van der Waals surface area contributed by atoms with Gasteiger partial charge in [0.05, 0.1) is 0 Å². The second-order valence-corrected chi connectivity index (χ2v) is 8.56. The Kier molecular flexibility index (Phi) is 5.83. The molecular weight excluding hydrogens is 464 g/mol. The van der Waals surface area contributed by atoms with E-state index in [-0.39, 0.29) is 23.9 Å². The maximum absolute atomic E-state index is 13.4. The second-order valence-electron chi connectivity index (χ2n) is 7.66. The SMILES string of the molecule is Nc1ccc(C#Cc2ccc3c(c2)C(=O)N([C@@H](C(=O)Nc2nccs2)c2ncccc2O)C3)cn1. The molecule has 10 heteroatoms. The second kappa shape index (κ2) is 9.24. The van der Waals surface area contributed by atoms with E-state index in [1.807, 2.05) is 12.1 Å². The van der Waals surface area contributed by atoms with Gasteiger partial charge >= 0.3 is 0 Å². The van der Waals surface area contributed by atoms with E-state index in [9.17, 15) is 14.7 Å². The summed E-state index contributed by atoms with van der Waals surface area (Å²) in [6.07, 6.45) is 4.60. The van der Waals surface area contributed by atoms with Gasteiger partial charge in [-0.3, -0.25) is 19.9 Å². The highest BCUT2D eigenvalue weighted by Gasteiger charge is 2.39. The lowest BCUT2D eigenvalue weighted by atomic mass is 10.1. The average molecular weight is 483 g/mol. The molecule has 0 aliphatic carbocycles. The molecule has 0 bridgehead atoms. The zero-order valence-corrected chi connectivity index (χ0v) is 19.0. The molecule has 0 spiro atoms. The van der Waals surface area contributed by atoms with Crippen LogP contribution in [0.5, 0.6) is 5.75 Å². The molecule has 172 valence electrons. The fourth-order valence-corrected chi connectivity index (χ4v) is 4.26. The molecule has 4 aromatic rings. The number of pyridine rings is 2. The van der Waals surface area contributed by atoms with Crippen molar-refractivity contribution in [3.63, 3.8) is 0 Å². The Hall–Kier alpha value is -4.75. The molecule has 4 heterocycles. The van der Waals surface area contributed by atoms with Crippen molar-refractivity contribution < 1.29 is 14.7 Å². The fraction of sp³-hybridized carbons (Fsp3) is 0.0800. The Bertz CT molecular complexity index is 1480. The van der Waals surface area contributed by atoms with E-state index in [2.05, 4.69) is 32.1 Å². The lowest BCUT2D eigenvalue weighted by Crippen LogP contribution is -2.38. The molecule has 4 N–H and O–H groups in total. The molecule has 2 amide bonds. The van der Waals surface area contributed by atoms with Crippen LogP contribution in [0.1, 0.15) is 38.8 Å². The van der Waals surface area contributed by atoms with Crippen molar-refractivity contribution in [3.05, 3.63) is 94.4 Å². The largest absolute Gasteiger partial charge is 0.506 e. The lowest BCUT2D eigenvalue weighted by molar-refractivity contribution is -0.121. The molecule has 0 fully saturated rings. The van der Waals surface area contributed by atoms with Crippen LogP contribution in [0, 0.1) is 11.8 Å². The molecular formula is C25H18N6O3S. The van der Waals surface area contributed by atoms with Crippen LogP contribution in [0.15, 0.2) is 66.4 Å². The zero-order valence-electron chi connectivity index (χ0n) is 18.2. The Labute approximate surface area is 204 Å². The number of carbonyl (C=O) groups excluding carboxylic acids is 2. The first kappa shape index (κ1) is 22.1. The number of aromatic hydroxyl groups is 1. The number of carbonyl (C=O) groups is 2. The van der Waals surface area contributed by atoms with Gasteiger partial charge in [-0.25, -0.2) is 9.97 Å². The monoisotopic (exact) mass is 482 g/mol. The number of aromatic nitrogens is 3. The van der Waals surface area contributed by atoms with Gasteiger partial charge in [0.15, 0.2) is 11.2 Å². The van der Waals surface area contributed by atoms with Gasteiger partial charge in [-0.15, -0.1) is 11.3 Å². The predicted molar refractivity (Wildman–Crippen MR) is 130 cm³/mol. The molecule has 0 unspecified atom stereocenters. The average Bonchev–Trinajstić information content (AvgIpc) is 3.48. The van der Waals surface area contributed by atoms with Crippen molar-refractivity contribution in [2.24, 2.45) is 0 Å². The molecule has 0 radical (unpaired) electrons. The predicted octanol–water partition coefficient (Wildman–Crippen LogP) is 2.96. The molecule has 1 aliphatic heterocycles. The van der Waals surface area contributed by atoms with Crippen molar-refractivity contribution in [2.75, 3.05) is 11.1 Å². The smallest absolute Gasteiger partial charge is 0.255 e. The van der Waals surface area contributed by atoms with Crippen LogP contribution < -0.4 is 11.1 Å². The first-order valence-corrected chi connectivity index (χ1v) is 11.4. The van der Waals surface area contributed by atoms with Gasteiger partial charge in [0, 0.05) is 47.2 Å². The van der Waals surface area contributed by atoms with Crippen LogP contribution in [-0.2, 0) is 11.3 Å². The highest BCUT2D eigenvalue weighted by molar-refractivity contribution is 7.13. The van der Waals surface area contributed by atoms with Gasteiger partial charge in [-0.2, -0.15) is 0 Å². The normalized spacial score (nSPS) is 13.0. The minimum atomic E-state index is -1.16. The number of nitrogens with zero attached hydrogens (tertiary/aromatic N) is 4. The topological polar surface area (TPSA) is 134 Å². The number of amides is 2. The van der Waals surface area contributed by atoms with E-state index in [4.69, 9.17) is 5.73 Å². The third-order valence-corrected chi connectivity index (χ3v) is 6.07. The number of nitrogens with two attached hydrogens (primary N) is 1. The van der Waals surface area contributed by atoms with E-state index in [0.29, 0.717) is 27.6 Å².